The zero-order valence-electron chi connectivity index (χ0n) is 12.3. The standard InChI is InChI=1S/C16H23ClN2O/c1-10(2)15(12-4-6-13(17)7-5-12)19-16(20)14-9-18-8-11(14)3/h4-7,10-11,14-15,18H,8-9H2,1-3H3,(H,19,20)/t11-,14-,15?/m1/s1. The molecule has 1 saturated heterocycles. The Balaban J connectivity index is 2.09. The van der Waals surface area contributed by atoms with Crippen LogP contribution in [0.25, 0.3) is 0 Å². The Bertz CT molecular complexity index is 458. The first-order valence-electron chi connectivity index (χ1n) is 7.25. The number of halogens is 1. The lowest BCUT2D eigenvalue weighted by molar-refractivity contribution is -0.126. The maximum atomic E-state index is 12.4. The van der Waals surface area contributed by atoms with E-state index in [1.54, 1.807) is 0 Å². The second-order valence-electron chi connectivity index (χ2n) is 6.02. The van der Waals surface area contributed by atoms with Crippen molar-refractivity contribution < 1.29 is 4.79 Å². The van der Waals surface area contributed by atoms with Gasteiger partial charge in [0.1, 0.15) is 0 Å². The fraction of sp³-hybridized carbons (Fsp3) is 0.562. The minimum atomic E-state index is 0.0348. The van der Waals surface area contributed by atoms with Gasteiger partial charge in [-0.15, -0.1) is 0 Å². The number of amides is 1. The van der Waals surface area contributed by atoms with Gasteiger partial charge in [-0.1, -0.05) is 44.5 Å². The number of benzene rings is 1. The summed E-state index contributed by atoms with van der Waals surface area (Å²) in [4.78, 5) is 12.4. The SMILES string of the molecule is CC(C)C(NC(=O)[C@@H]1CNC[C@H]1C)c1ccc(Cl)cc1. The summed E-state index contributed by atoms with van der Waals surface area (Å²) < 4.78 is 0. The molecule has 1 aromatic rings. The summed E-state index contributed by atoms with van der Waals surface area (Å²) in [6.07, 6.45) is 0. The van der Waals surface area contributed by atoms with Crippen LogP contribution in [0, 0.1) is 17.8 Å². The number of hydrogen-bond acceptors (Lipinski definition) is 2. The van der Waals surface area contributed by atoms with Crippen LogP contribution in [-0.2, 0) is 4.79 Å². The van der Waals surface area contributed by atoms with Crippen molar-refractivity contribution in [3.63, 3.8) is 0 Å². The predicted octanol–water partition coefficient (Wildman–Crippen LogP) is 3.01. The Kier molecular flexibility index (Phi) is 5.06. The van der Waals surface area contributed by atoms with E-state index in [1.807, 2.05) is 24.3 Å². The second kappa shape index (κ2) is 6.59. The number of nitrogens with one attached hydrogen (secondary N) is 2. The van der Waals surface area contributed by atoms with Crippen LogP contribution in [0.5, 0.6) is 0 Å². The van der Waals surface area contributed by atoms with E-state index in [1.165, 1.54) is 0 Å². The van der Waals surface area contributed by atoms with Crippen molar-refractivity contribution in [2.24, 2.45) is 17.8 Å². The number of rotatable bonds is 4. The van der Waals surface area contributed by atoms with Crippen molar-refractivity contribution in [2.45, 2.75) is 26.8 Å². The third-order valence-electron chi connectivity index (χ3n) is 4.05. The fourth-order valence-corrected chi connectivity index (χ4v) is 2.85. The first-order valence-corrected chi connectivity index (χ1v) is 7.63. The topological polar surface area (TPSA) is 41.1 Å². The highest BCUT2D eigenvalue weighted by Crippen LogP contribution is 2.25. The van der Waals surface area contributed by atoms with Crippen LogP contribution in [0.4, 0.5) is 0 Å². The van der Waals surface area contributed by atoms with E-state index in [0.717, 1.165) is 23.7 Å². The van der Waals surface area contributed by atoms with Gasteiger partial charge in [0.2, 0.25) is 5.91 Å². The van der Waals surface area contributed by atoms with Gasteiger partial charge in [0.05, 0.1) is 12.0 Å². The molecule has 110 valence electrons. The smallest absolute Gasteiger partial charge is 0.225 e. The lowest BCUT2D eigenvalue weighted by atomic mass is 9.93. The maximum absolute atomic E-state index is 12.4. The molecule has 1 amide bonds. The summed E-state index contributed by atoms with van der Waals surface area (Å²) >= 11 is 5.93. The molecule has 0 spiro atoms. The third-order valence-corrected chi connectivity index (χ3v) is 4.30. The average Bonchev–Trinajstić information content (AvgIpc) is 2.83. The molecule has 1 unspecified atom stereocenters. The van der Waals surface area contributed by atoms with Gasteiger partial charge < -0.3 is 10.6 Å². The van der Waals surface area contributed by atoms with Gasteiger partial charge in [0, 0.05) is 11.6 Å². The Hall–Kier alpha value is -1.06. The molecular formula is C16H23ClN2O. The molecule has 1 aliphatic rings. The first kappa shape index (κ1) is 15.3. The quantitative estimate of drug-likeness (QED) is 0.896. The van der Waals surface area contributed by atoms with Crippen LogP contribution in [0.2, 0.25) is 5.02 Å². The van der Waals surface area contributed by atoms with Gasteiger partial charge in [-0.3, -0.25) is 4.79 Å². The van der Waals surface area contributed by atoms with Crippen LogP contribution in [0.15, 0.2) is 24.3 Å². The lowest BCUT2D eigenvalue weighted by Crippen LogP contribution is -2.38. The van der Waals surface area contributed by atoms with Crippen molar-refractivity contribution in [1.29, 1.82) is 0 Å². The fourth-order valence-electron chi connectivity index (χ4n) is 2.73. The van der Waals surface area contributed by atoms with E-state index in [4.69, 9.17) is 11.6 Å². The van der Waals surface area contributed by atoms with Crippen LogP contribution in [0.3, 0.4) is 0 Å². The van der Waals surface area contributed by atoms with Crippen molar-refractivity contribution in [2.75, 3.05) is 13.1 Å². The van der Waals surface area contributed by atoms with Crippen molar-refractivity contribution in [3.8, 4) is 0 Å². The molecule has 3 atom stereocenters. The summed E-state index contributed by atoms with van der Waals surface area (Å²) in [5, 5.41) is 7.20. The molecule has 2 rings (SSSR count). The molecule has 0 aromatic heterocycles. The third kappa shape index (κ3) is 3.53. The molecule has 3 nitrogen and oxygen atoms in total. The average molecular weight is 295 g/mol. The molecule has 1 fully saturated rings. The van der Waals surface area contributed by atoms with Gasteiger partial charge in [-0.2, -0.15) is 0 Å². The van der Waals surface area contributed by atoms with E-state index in [9.17, 15) is 4.79 Å². The predicted molar refractivity (Wildman–Crippen MR) is 82.7 cm³/mol. The van der Waals surface area contributed by atoms with Crippen molar-refractivity contribution in [3.05, 3.63) is 34.9 Å². The molecule has 2 N–H and O–H groups in total. The van der Waals surface area contributed by atoms with Gasteiger partial charge in [-0.25, -0.2) is 0 Å². The highest BCUT2D eigenvalue weighted by molar-refractivity contribution is 6.30. The monoisotopic (exact) mass is 294 g/mol. The molecular weight excluding hydrogens is 272 g/mol. The molecule has 0 radical (unpaired) electrons. The molecule has 20 heavy (non-hydrogen) atoms. The molecule has 1 aromatic carbocycles. The van der Waals surface area contributed by atoms with E-state index in [2.05, 4.69) is 31.4 Å². The highest BCUT2D eigenvalue weighted by atomic mass is 35.5. The minimum Gasteiger partial charge on any atom is -0.349 e. The summed E-state index contributed by atoms with van der Waals surface area (Å²) in [6, 6.07) is 7.76. The summed E-state index contributed by atoms with van der Waals surface area (Å²) in [7, 11) is 0. The second-order valence-corrected chi connectivity index (χ2v) is 6.46. The Morgan fingerprint density at radius 2 is 1.95 bits per heavy atom. The van der Waals surface area contributed by atoms with Crippen LogP contribution < -0.4 is 10.6 Å². The van der Waals surface area contributed by atoms with Gasteiger partial charge >= 0.3 is 0 Å². The molecule has 0 saturated carbocycles. The van der Waals surface area contributed by atoms with E-state index in [-0.39, 0.29) is 17.9 Å². The van der Waals surface area contributed by atoms with Gasteiger partial charge in [-0.05, 0) is 36.1 Å². The largest absolute Gasteiger partial charge is 0.349 e. The highest BCUT2D eigenvalue weighted by Gasteiger charge is 2.31. The zero-order valence-corrected chi connectivity index (χ0v) is 13.1. The van der Waals surface area contributed by atoms with E-state index >= 15 is 0 Å². The Morgan fingerprint density at radius 3 is 2.45 bits per heavy atom. The maximum Gasteiger partial charge on any atom is 0.225 e. The van der Waals surface area contributed by atoms with Crippen molar-refractivity contribution >= 4 is 17.5 Å². The zero-order chi connectivity index (χ0) is 14.7. The molecule has 4 heteroatoms. The van der Waals surface area contributed by atoms with Crippen LogP contribution in [0.1, 0.15) is 32.4 Å². The molecule has 0 bridgehead atoms. The number of carbonyl (C=O) groups is 1. The van der Waals surface area contributed by atoms with E-state index in [0.29, 0.717) is 11.8 Å². The number of carbonyl (C=O) groups excluding carboxylic acids is 1. The number of hydrogen-bond donors (Lipinski definition) is 2. The van der Waals surface area contributed by atoms with Gasteiger partial charge in [0.25, 0.3) is 0 Å². The Morgan fingerprint density at radius 1 is 1.30 bits per heavy atom. The summed E-state index contributed by atoms with van der Waals surface area (Å²) in [5.41, 5.74) is 1.11. The Labute approximate surface area is 126 Å². The van der Waals surface area contributed by atoms with Crippen LogP contribution in [-0.4, -0.2) is 19.0 Å². The summed E-state index contributed by atoms with van der Waals surface area (Å²) in [6.45, 7) is 8.06. The summed E-state index contributed by atoms with van der Waals surface area (Å²) in [5.74, 6) is 0.956. The normalized spacial score (nSPS) is 23.9. The molecule has 1 aliphatic heterocycles. The first-order chi connectivity index (χ1) is 9.49. The molecule has 1 heterocycles. The lowest BCUT2D eigenvalue weighted by Gasteiger charge is -2.25. The van der Waals surface area contributed by atoms with Crippen LogP contribution >= 0.6 is 11.6 Å². The van der Waals surface area contributed by atoms with Crippen molar-refractivity contribution in [1.82, 2.24) is 10.6 Å². The van der Waals surface area contributed by atoms with E-state index < -0.39 is 0 Å². The van der Waals surface area contributed by atoms with Gasteiger partial charge in [0.15, 0.2) is 0 Å². The molecule has 0 aliphatic carbocycles. The minimum absolute atomic E-state index is 0.0348.